The Morgan fingerprint density at radius 1 is 0.703 bits per heavy atom. The predicted octanol–water partition coefficient (Wildman–Crippen LogP) is 3.66. The van der Waals surface area contributed by atoms with Gasteiger partial charge in [0.1, 0.15) is 12.6 Å². The van der Waals surface area contributed by atoms with Gasteiger partial charge in [-0.25, -0.2) is 0 Å². The van der Waals surface area contributed by atoms with Crippen LogP contribution in [0.4, 0.5) is 0 Å². The second-order valence-electron chi connectivity index (χ2n) is 11.3. The highest BCUT2D eigenvalue weighted by Gasteiger charge is 2.18. The van der Waals surface area contributed by atoms with Crippen LogP contribution >= 0.6 is 0 Å². The van der Waals surface area contributed by atoms with E-state index >= 15 is 0 Å². The van der Waals surface area contributed by atoms with E-state index < -0.39 is 12.1 Å². The van der Waals surface area contributed by atoms with Crippen molar-refractivity contribution in [3.63, 3.8) is 0 Å². The van der Waals surface area contributed by atoms with Crippen molar-refractivity contribution in [1.82, 2.24) is 0 Å². The van der Waals surface area contributed by atoms with Crippen LogP contribution in [-0.2, 0) is 4.79 Å². The molecule has 0 saturated carbocycles. The average Bonchev–Trinajstić information content (AvgIpc) is 2.84. The van der Waals surface area contributed by atoms with Gasteiger partial charge < -0.3 is 37.9 Å². The molecule has 0 rings (SSSR count). The Labute approximate surface area is 236 Å². The zero-order valence-corrected chi connectivity index (χ0v) is 25.7. The molecule has 0 aromatic rings. The zero-order chi connectivity index (χ0) is 27.3. The van der Waals surface area contributed by atoms with Gasteiger partial charge >= 0.3 is 5.97 Å². The number of nitrogens with zero attached hydrogens (tertiary/aromatic N) is 1. The largest absolute Gasteiger partial charge is 1.00 e. The van der Waals surface area contributed by atoms with E-state index in [2.05, 4.69) is 6.92 Å². The van der Waals surface area contributed by atoms with Crippen molar-refractivity contribution >= 4 is 5.97 Å². The van der Waals surface area contributed by atoms with Crippen molar-refractivity contribution in [2.45, 2.75) is 148 Å². The summed E-state index contributed by atoms with van der Waals surface area (Å²) in [6.07, 6.45) is 26.4. The first-order chi connectivity index (χ1) is 17.3. The molecule has 0 aliphatic carbocycles. The van der Waals surface area contributed by atoms with E-state index in [1.54, 1.807) is 0 Å². The third-order valence-corrected chi connectivity index (χ3v) is 6.88. The molecule has 0 spiro atoms. The van der Waals surface area contributed by atoms with E-state index in [1.807, 2.05) is 14.1 Å². The van der Waals surface area contributed by atoms with Crippen LogP contribution in [0.1, 0.15) is 142 Å². The van der Waals surface area contributed by atoms with E-state index in [0.29, 0.717) is 24.0 Å². The molecule has 6 nitrogen and oxygen atoms in total. The Morgan fingerprint density at radius 3 is 1.35 bits per heavy atom. The summed E-state index contributed by atoms with van der Waals surface area (Å²) in [6.45, 7) is 4.32. The van der Waals surface area contributed by atoms with Crippen LogP contribution in [-0.4, -0.2) is 72.2 Å². The standard InChI is InChI=1S/C22H44O2.C8H21N2O2.ClH/c1-2-3-4-5-6-7-8-9-10-11-12-13-14-15-16-17-18-19-20-21-22(23)24;1-10(2,5-3-4-9)6-8(12)7-11;/h2-21H2,1H3,(H,23,24);8,11-12H,3-7,9H2,1-2H3;1H/q;+1;/p-1. The van der Waals surface area contributed by atoms with Crippen molar-refractivity contribution in [2.75, 3.05) is 40.3 Å². The summed E-state index contributed by atoms with van der Waals surface area (Å²) >= 11 is 0. The minimum Gasteiger partial charge on any atom is -1.00 e. The van der Waals surface area contributed by atoms with E-state index in [-0.39, 0.29) is 19.0 Å². The number of aliphatic hydroxyl groups excluding tert-OH is 2. The number of quaternary nitrogens is 1. The van der Waals surface area contributed by atoms with Gasteiger partial charge in [-0.3, -0.25) is 4.79 Å². The molecule has 1 unspecified atom stereocenters. The lowest BCUT2D eigenvalue weighted by atomic mass is 10.0. The molecule has 0 aromatic carbocycles. The number of hydrogen-bond donors (Lipinski definition) is 4. The van der Waals surface area contributed by atoms with Crippen LogP contribution in [0.5, 0.6) is 0 Å². The number of halogens is 1. The normalized spacial score (nSPS) is 11.9. The van der Waals surface area contributed by atoms with Gasteiger partial charge in [0, 0.05) is 12.8 Å². The monoisotopic (exact) mass is 552 g/mol. The smallest absolute Gasteiger partial charge is 0.303 e. The fourth-order valence-corrected chi connectivity index (χ4v) is 4.59. The maximum Gasteiger partial charge on any atom is 0.303 e. The highest BCUT2D eigenvalue weighted by Crippen LogP contribution is 2.14. The number of carboxylic acid groups (broad SMARTS) is 1. The lowest BCUT2D eigenvalue weighted by molar-refractivity contribution is -0.893. The molecule has 0 bridgehead atoms. The molecular weight excluding hydrogens is 488 g/mol. The van der Waals surface area contributed by atoms with E-state index in [1.165, 1.54) is 109 Å². The van der Waals surface area contributed by atoms with E-state index in [0.717, 1.165) is 25.8 Å². The lowest BCUT2D eigenvalue weighted by Crippen LogP contribution is -3.00. The summed E-state index contributed by atoms with van der Waals surface area (Å²) in [5.74, 6) is -0.651. The molecule has 1 atom stereocenters. The molecule has 226 valence electrons. The summed E-state index contributed by atoms with van der Waals surface area (Å²) in [4.78, 5) is 10.4. The van der Waals surface area contributed by atoms with Gasteiger partial charge in [0.15, 0.2) is 0 Å². The number of carboxylic acids is 1. The fraction of sp³-hybridized carbons (Fsp3) is 0.967. The second kappa shape index (κ2) is 31.8. The van der Waals surface area contributed by atoms with Gasteiger partial charge in [0.05, 0.1) is 27.2 Å². The number of hydrogen-bond acceptors (Lipinski definition) is 4. The highest BCUT2D eigenvalue weighted by atomic mass is 35.5. The summed E-state index contributed by atoms with van der Waals surface area (Å²) in [7, 11) is 4.04. The van der Waals surface area contributed by atoms with Gasteiger partial charge in [0.25, 0.3) is 0 Å². The molecule has 5 N–H and O–H groups in total. The van der Waals surface area contributed by atoms with Crippen molar-refractivity contribution in [3.8, 4) is 0 Å². The Balaban J connectivity index is -0.000000751. The first kappa shape index (κ1) is 41.1. The maximum absolute atomic E-state index is 10.4. The number of unbranched alkanes of at least 4 members (excludes halogenated alkanes) is 18. The van der Waals surface area contributed by atoms with E-state index in [9.17, 15) is 9.90 Å². The lowest BCUT2D eigenvalue weighted by Gasteiger charge is -2.31. The Morgan fingerprint density at radius 2 is 1.05 bits per heavy atom. The zero-order valence-electron chi connectivity index (χ0n) is 24.9. The topological polar surface area (TPSA) is 104 Å². The Hall–Kier alpha value is -0.400. The summed E-state index contributed by atoms with van der Waals surface area (Å²) < 4.78 is 0.707. The van der Waals surface area contributed by atoms with E-state index in [4.69, 9.17) is 15.9 Å². The Bertz CT molecular complexity index is 453. The molecule has 0 radical (unpaired) electrons. The van der Waals surface area contributed by atoms with Crippen molar-refractivity contribution < 1.29 is 37.0 Å². The number of aliphatic carboxylic acids is 1. The van der Waals surface area contributed by atoms with Crippen molar-refractivity contribution in [1.29, 1.82) is 0 Å². The molecule has 0 aliphatic heterocycles. The average molecular weight is 553 g/mol. The quantitative estimate of drug-likeness (QED) is 0.0968. The summed E-state index contributed by atoms with van der Waals surface area (Å²) in [6, 6.07) is 0. The third kappa shape index (κ3) is 37.8. The Kier molecular flexibility index (Phi) is 35.3. The van der Waals surface area contributed by atoms with Crippen LogP contribution < -0.4 is 18.1 Å². The third-order valence-electron chi connectivity index (χ3n) is 6.88. The maximum atomic E-state index is 10.4. The van der Waals surface area contributed by atoms with Crippen LogP contribution in [0, 0.1) is 0 Å². The predicted molar refractivity (Wildman–Crippen MR) is 154 cm³/mol. The number of nitrogens with two attached hydrogens (primary N) is 1. The summed E-state index contributed by atoms with van der Waals surface area (Å²) in [5, 5.41) is 26.4. The second-order valence-corrected chi connectivity index (χ2v) is 11.3. The number of carbonyl (C=O) groups is 1. The molecule has 7 heteroatoms. The van der Waals surface area contributed by atoms with Crippen LogP contribution in [0.3, 0.4) is 0 Å². The molecule has 0 saturated heterocycles. The van der Waals surface area contributed by atoms with Crippen molar-refractivity contribution in [2.24, 2.45) is 5.73 Å². The van der Waals surface area contributed by atoms with Gasteiger partial charge in [0.2, 0.25) is 0 Å². The first-order valence-corrected chi connectivity index (χ1v) is 15.3. The van der Waals surface area contributed by atoms with Gasteiger partial charge in [-0.05, 0) is 13.0 Å². The summed E-state index contributed by atoms with van der Waals surface area (Å²) in [5.41, 5.74) is 5.38. The molecular formula is C30H65ClN2O4. The van der Waals surface area contributed by atoms with Crippen LogP contribution in [0.2, 0.25) is 0 Å². The molecule has 37 heavy (non-hydrogen) atoms. The molecule has 0 aliphatic rings. The number of likely N-dealkylation sites (N-methyl/N-ethyl adjacent to an activating group) is 1. The molecule has 0 aromatic heterocycles. The molecule has 0 fully saturated rings. The van der Waals surface area contributed by atoms with Gasteiger partial charge in [-0.1, -0.05) is 122 Å². The van der Waals surface area contributed by atoms with Crippen LogP contribution in [0.15, 0.2) is 0 Å². The van der Waals surface area contributed by atoms with Crippen molar-refractivity contribution in [3.05, 3.63) is 0 Å². The minimum absolute atomic E-state index is 0. The number of rotatable bonds is 26. The minimum atomic E-state index is -0.651. The van der Waals surface area contributed by atoms with Gasteiger partial charge in [-0.2, -0.15) is 0 Å². The molecule has 0 amide bonds. The highest BCUT2D eigenvalue weighted by molar-refractivity contribution is 5.66. The SMILES string of the molecule is CCCCCCCCCCCCCCCCCCCCCC(=O)O.C[N+](C)(CCCN)CC(O)CO.[Cl-]. The van der Waals surface area contributed by atoms with Crippen LogP contribution in [0.25, 0.3) is 0 Å². The fourth-order valence-electron chi connectivity index (χ4n) is 4.59. The molecule has 0 heterocycles. The number of aliphatic hydroxyl groups is 2. The van der Waals surface area contributed by atoms with Gasteiger partial charge in [-0.15, -0.1) is 0 Å². The first-order valence-electron chi connectivity index (χ1n) is 15.3.